The number of methoxy groups -OCH3 is 1. The maximum atomic E-state index is 15.0. The lowest BCUT2D eigenvalue weighted by molar-refractivity contribution is -0.144. The van der Waals surface area contributed by atoms with E-state index in [0.29, 0.717) is 11.3 Å². The number of esters is 1. The van der Waals surface area contributed by atoms with Gasteiger partial charge in [0.1, 0.15) is 16.9 Å². The molecule has 2 fully saturated rings. The van der Waals surface area contributed by atoms with Gasteiger partial charge in [0, 0.05) is 29.1 Å². The number of likely N-dealkylation sites (tertiary alicyclic amines) is 1. The van der Waals surface area contributed by atoms with Gasteiger partial charge in [-0.1, -0.05) is 122 Å². The predicted octanol–water partition coefficient (Wildman–Crippen LogP) is 8.00. The van der Waals surface area contributed by atoms with Crippen LogP contribution in [0.5, 0.6) is 5.75 Å². The fraction of sp³-hybridized carbons (Fsp3) is 0.282. The van der Waals surface area contributed by atoms with Crippen molar-refractivity contribution < 1.29 is 19.1 Å². The highest BCUT2D eigenvalue weighted by molar-refractivity contribution is 6.07. The number of hydrogen-bond donors (Lipinski definition) is 0. The minimum absolute atomic E-state index is 0.0457. The van der Waals surface area contributed by atoms with Crippen molar-refractivity contribution in [3.63, 3.8) is 0 Å². The van der Waals surface area contributed by atoms with Crippen molar-refractivity contribution in [3.05, 3.63) is 144 Å². The number of rotatable bonds is 7. The third-order valence-electron chi connectivity index (χ3n) is 9.81. The molecule has 0 N–H and O–H groups in total. The maximum absolute atomic E-state index is 15.0. The molecule has 0 amide bonds. The maximum Gasteiger partial charge on any atom is 0.324 e. The lowest BCUT2D eigenvalue weighted by Crippen LogP contribution is -2.52. The summed E-state index contributed by atoms with van der Waals surface area (Å²) in [6.45, 7) is 0. The standard InChI is InChI=1S/C39H37NO4/c1-43-32-24-22-28(23-25-32)34-35(29-16-8-3-9-17-29)40(31-20-12-5-13-21-31)37(36(41)30-18-10-4-11-19-30)39(34)26-33(44-38(39)42)27-14-6-2-7-15-27/h2-4,6-11,14-19,22-26,31,34-35,37H,5,12-13,20-21H2,1H3/t34-,35-,37-,39+/m1/s1. The Hall–Kier alpha value is -4.48. The highest BCUT2D eigenvalue weighted by Gasteiger charge is 2.69. The van der Waals surface area contributed by atoms with E-state index in [0.717, 1.165) is 48.1 Å². The number of ether oxygens (including phenoxy) is 2. The summed E-state index contributed by atoms with van der Waals surface area (Å²) in [6, 6.07) is 36.8. The summed E-state index contributed by atoms with van der Waals surface area (Å²) in [5.74, 6) is 0.454. The van der Waals surface area contributed by atoms with E-state index >= 15 is 4.79 Å². The van der Waals surface area contributed by atoms with Crippen molar-refractivity contribution in [2.45, 2.75) is 56.1 Å². The first-order valence-electron chi connectivity index (χ1n) is 15.7. The third kappa shape index (κ3) is 4.76. The van der Waals surface area contributed by atoms with Crippen LogP contribution in [0.15, 0.2) is 121 Å². The molecule has 4 aromatic rings. The summed E-state index contributed by atoms with van der Waals surface area (Å²) in [7, 11) is 1.65. The Kier molecular flexibility index (Phi) is 7.65. The summed E-state index contributed by atoms with van der Waals surface area (Å²) in [5.41, 5.74) is 2.24. The number of hydrogen-bond acceptors (Lipinski definition) is 5. The Labute approximate surface area is 259 Å². The van der Waals surface area contributed by atoms with E-state index in [-0.39, 0.29) is 29.8 Å². The SMILES string of the molecule is COc1ccc([C@@H]2[C@@H](c3ccccc3)N(C3CCCCC3)[C@H](C(=O)c3ccccc3)[C@]23C=C(c2ccccc2)OC3=O)cc1. The van der Waals surface area contributed by atoms with Crippen LogP contribution in [-0.2, 0) is 9.53 Å². The van der Waals surface area contributed by atoms with E-state index in [1.807, 2.05) is 84.9 Å². The number of cyclic esters (lactones) is 1. The molecule has 0 bridgehead atoms. The zero-order valence-corrected chi connectivity index (χ0v) is 25.0. The van der Waals surface area contributed by atoms with Crippen LogP contribution in [0, 0.1) is 5.41 Å². The molecule has 0 aromatic heterocycles. The number of benzene rings is 4. The van der Waals surface area contributed by atoms with Gasteiger partial charge in [0.25, 0.3) is 0 Å². The van der Waals surface area contributed by atoms with Crippen molar-refractivity contribution in [2.75, 3.05) is 7.11 Å². The highest BCUT2D eigenvalue weighted by atomic mass is 16.5. The van der Waals surface area contributed by atoms with Gasteiger partial charge in [0.15, 0.2) is 5.78 Å². The summed E-state index contributed by atoms with van der Waals surface area (Å²) < 4.78 is 11.8. The first kappa shape index (κ1) is 28.3. The average Bonchev–Trinajstić information content (AvgIpc) is 3.60. The Balaban J connectivity index is 1.53. The Morgan fingerprint density at radius 3 is 2.02 bits per heavy atom. The normalized spacial score (nSPS) is 25.5. The second-order valence-electron chi connectivity index (χ2n) is 12.2. The van der Waals surface area contributed by atoms with Crippen molar-refractivity contribution >= 4 is 17.5 Å². The van der Waals surface area contributed by atoms with Gasteiger partial charge in [-0.2, -0.15) is 0 Å². The van der Waals surface area contributed by atoms with Gasteiger partial charge in [-0.15, -0.1) is 0 Å². The van der Waals surface area contributed by atoms with Crippen LogP contribution >= 0.6 is 0 Å². The quantitative estimate of drug-likeness (QED) is 0.163. The van der Waals surface area contributed by atoms with Crippen molar-refractivity contribution in [2.24, 2.45) is 5.41 Å². The molecule has 2 heterocycles. The van der Waals surface area contributed by atoms with Crippen LogP contribution in [0.2, 0.25) is 0 Å². The molecule has 4 atom stereocenters. The van der Waals surface area contributed by atoms with Gasteiger partial charge in [0.05, 0.1) is 13.2 Å². The number of carbonyl (C=O) groups is 2. The second kappa shape index (κ2) is 11.9. The fourth-order valence-electron chi connectivity index (χ4n) is 7.87. The Morgan fingerprint density at radius 1 is 0.773 bits per heavy atom. The Morgan fingerprint density at radius 2 is 1.39 bits per heavy atom. The van der Waals surface area contributed by atoms with Gasteiger partial charge >= 0.3 is 5.97 Å². The minimum atomic E-state index is -1.26. The molecule has 1 spiro atoms. The summed E-state index contributed by atoms with van der Waals surface area (Å²) in [6.07, 6.45) is 7.35. The van der Waals surface area contributed by atoms with Crippen molar-refractivity contribution in [1.82, 2.24) is 4.90 Å². The molecule has 0 radical (unpaired) electrons. The molecule has 0 unspecified atom stereocenters. The van der Waals surface area contributed by atoms with Crippen LogP contribution in [0.3, 0.4) is 0 Å². The van der Waals surface area contributed by atoms with E-state index in [9.17, 15) is 4.79 Å². The Bertz CT molecular complexity index is 1650. The molecule has 222 valence electrons. The first-order valence-corrected chi connectivity index (χ1v) is 15.7. The average molecular weight is 584 g/mol. The minimum Gasteiger partial charge on any atom is -0.497 e. The van der Waals surface area contributed by atoms with Crippen molar-refractivity contribution in [1.29, 1.82) is 0 Å². The number of carbonyl (C=O) groups excluding carboxylic acids is 2. The van der Waals surface area contributed by atoms with Crippen LogP contribution in [0.1, 0.15) is 71.1 Å². The van der Waals surface area contributed by atoms with E-state index in [1.165, 1.54) is 6.42 Å². The van der Waals surface area contributed by atoms with E-state index < -0.39 is 11.5 Å². The zero-order valence-electron chi connectivity index (χ0n) is 25.0. The van der Waals surface area contributed by atoms with Gasteiger partial charge in [-0.3, -0.25) is 14.5 Å². The van der Waals surface area contributed by atoms with Crippen molar-refractivity contribution in [3.8, 4) is 5.75 Å². The molecule has 44 heavy (non-hydrogen) atoms. The number of nitrogens with zero attached hydrogens (tertiary/aromatic N) is 1. The number of ketones is 1. The van der Waals surface area contributed by atoms with E-state index in [4.69, 9.17) is 9.47 Å². The molecule has 1 aliphatic carbocycles. The second-order valence-corrected chi connectivity index (χ2v) is 12.2. The van der Waals surface area contributed by atoms with Crippen LogP contribution in [-0.4, -0.2) is 35.8 Å². The largest absolute Gasteiger partial charge is 0.497 e. The molecule has 3 aliphatic rings. The zero-order chi connectivity index (χ0) is 30.1. The molecule has 5 heteroatoms. The molecule has 4 aromatic carbocycles. The van der Waals surface area contributed by atoms with Gasteiger partial charge in [-0.25, -0.2) is 0 Å². The van der Waals surface area contributed by atoms with E-state index in [1.54, 1.807) is 7.11 Å². The molecule has 7 rings (SSSR count). The van der Waals surface area contributed by atoms with E-state index in [2.05, 4.69) is 41.3 Å². The monoisotopic (exact) mass is 583 g/mol. The van der Waals surface area contributed by atoms with Crippen LogP contribution < -0.4 is 4.74 Å². The summed E-state index contributed by atoms with van der Waals surface area (Å²) >= 11 is 0. The summed E-state index contributed by atoms with van der Waals surface area (Å²) in [5, 5.41) is 0. The van der Waals surface area contributed by atoms with Crippen LogP contribution in [0.4, 0.5) is 0 Å². The number of Topliss-reactive ketones (excluding diaryl/α,β-unsaturated/α-hetero) is 1. The molecule has 2 aliphatic heterocycles. The van der Waals surface area contributed by atoms with Gasteiger partial charge in [-0.05, 0) is 42.2 Å². The topological polar surface area (TPSA) is 55.8 Å². The first-order chi connectivity index (χ1) is 21.6. The molecular weight excluding hydrogens is 546 g/mol. The molecule has 1 saturated heterocycles. The molecule has 1 saturated carbocycles. The van der Waals surface area contributed by atoms with Crippen LogP contribution in [0.25, 0.3) is 5.76 Å². The highest BCUT2D eigenvalue weighted by Crippen LogP contribution is 2.63. The third-order valence-corrected chi connectivity index (χ3v) is 9.81. The summed E-state index contributed by atoms with van der Waals surface area (Å²) in [4.78, 5) is 32.2. The van der Waals surface area contributed by atoms with Gasteiger partial charge in [0.2, 0.25) is 0 Å². The predicted molar refractivity (Wildman–Crippen MR) is 171 cm³/mol. The fourth-order valence-corrected chi connectivity index (χ4v) is 7.87. The molecular formula is C39H37NO4. The lowest BCUT2D eigenvalue weighted by Gasteiger charge is -2.40. The van der Waals surface area contributed by atoms with Gasteiger partial charge < -0.3 is 9.47 Å². The smallest absolute Gasteiger partial charge is 0.324 e. The lowest BCUT2D eigenvalue weighted by atomic mass is 9.66. The molecule has 5 nitrogen and oxygen atoms in total.